The molecule has 0 aliphatic carbocycles. The fourth-order valence-corrected chi connectivity index (χ4v) is 3.72. The number of piperazine rings is 1. The highest BCUT2D eigenvalue weighted by Crippen LogP contribution is 2.23. The Labute approximate surface area is 146 Å². The molecule has 5 nitrogen and oxygen atoms in total. The van der Waals surface area contributed by atoms with Crippen molar-refractivity contribution in [2.45, 2.75) is 6.54 Å². The Bertz CT molecular complexity index is 680. The number of amides is 1. The number of ether oxygens (including phenoxy) is 2. The first-order valence-electron chi connectivity index (χ1n) is 8.08. The summed E-state index contributed by atoms with van der Waals surface area (Å²) in [6.07, 6.45) is 0. The normalized spacial score (nSPS) is 15.3. The van der Waals surface area contributed by atoms with Gasteiger partial charge in [-0.3, -0.25) is 4.79 Å². The third-order valence-electron chi connectivity index (χ3n) is 4.42. The minimum absolute atomic E-state index is 0.158. The summed E-state index contributed by atoms with van der Waals surface area (Å²) in [6.45, 7) is 4.39. The van der Waals surface area contributed by atoms with E-state index in [4.69, 9.17) is 9.47 Å². The Morgan fingerprint density at radius 3 is 2.62 bits per heavy atom. The van der Waals surface area contributed by atoms with Gasteiger partial charge in [-0.05, 0) is 23.6 Å². The van der Waals surface area contributed by atoms with Gasteiger partial charge >= 0.3 is 0 Å². The number of rotatable bonds is 5. The van der Waals surface area contributed by atoms with E-state index in [1.54, 1.807) is 14.2 Å². The number of methoxy groups -OCH3 is 2. The molecule has 0 radical (unpaired) electrons. The highest BCUT2D eigenvalue weighted by Gasteiger charge is 2.25. The van der Waals surface area contributed by atoms with Gasteiger partial charge in [-0.15, -0.1) is 11.3 Å². The largest absolute Gasteiger partial charge is 0.497 e. The highest BCUT2D eigenvalue weighted by atomic mass is 32.1. The van der Waals surface area contributed by atoms with E-state index in [1.807, 2.05) is 34.5 Å². The molecule has 0 atom stereocenters. The molecule has 0 bridgehead atoms. The van der Waals surface area contributed by atoms with Gasteiger partial charge in [-0.1, -0.05) is 6.07 Å². The SMILES string of the molecule is COc1ccc(C[NH+]2CCN(C(=O)c3cccs3)CC2)c(OC)c1. The van der Waals surface area contributed by atoms with Crippen LogP contribution < -0.4 is 14.4 Å². The monoisotopic (exact) mass is 347 g/mol. The van der Waals surface area contributed by atoms with E-state index in [0.29, 0.717) is 0 Å². The molecule has 0 unspecified atom stereocenters. The number of hydrogen-bond acceptors (Lipinski definition) is 4. The zero-order chi connectivity index (χ0) is 16.9. The summed E-state index contributed by atoms with van der Waals surface area (Å²) in [5.74, 6) is 1.82. The van der Waals surface area contributed by atoms with Crippen molar-refractivity contribution in [3.8, 4) is 11.5 Å². The third kappa shape index (κ3) is 3.71. The van der Waals surface area contributed by atoms with E-state index in [9.17, 15) is 4.79 Å². The van der Waals surface area contributed by atoms with Gasteiger partial charge in [0.25, 0.3) is 5.91 Å². The van der Waals surface area contributed by atoms with Gasteiger partial charge in [0, 0.05) is 11.6 Å². The minimum Gasteiger partial charge on any atom is -0.497 e. The van der Waals surface area contributed by atoms with Crippen LogP contribution in [0, 0.1) is 0 Å². The second-order valence-electron chi connectivity index (χ2n) is 5.87. The van der Waals surface area contributed by atoms with Crippen LogP contribution >= 0.6 is 11.3 Å². The summed E-state index contributed by atoms with van der Waals surface area (Å²) < 4.78 is 10.7. The van der Waals surface area contributed by atoms with Crippen LogP contribution in [-0.2, 0) is 6.54 Å². The van der Waals surface area contributed by atoms with Crippen LogP contribution in [0.25, 0.3) is 0 Å². The summed E-state index contributed by atoms with van der Waals surface area (Å²) in [4.78, 5) is 16.6. The summed E-state index contributed by atoms with van der Waals surface area (Å²) in [5, 5.41) is 1.95. The number of hydrogen-bond donors (Lipinski definition) is 1. The van der Waals surface area contributed by atoms with Gasteiger partial charge in [0.2, 0.25) is 0 Å². The predicted molar refractivity (Wildman–Crippen MR) is 94.2 cm³/mol. The van der Waals surface area contributed by atoms with Gasteiger partial charge in [-0.2, -0.15) is 0 Å². The van der Waals surface area contributed by atoms with Gasteiger partial charge in [0.05, 0.1) is 45.3 Å². The number of nitrogens with zero attached hydrogens (tertiary/aromatic N) is 1. The Hall–Kier alpha value is -2.05. The number of benzene rings is 1. The molecule has 1 aromatic carbocycles. The lowest BCUT2D eigenvalue weighted by atomic mass is 10.1. The minimum atomic E-state index is 0.158. The molecule has 1 amide bonds. The van der Waals surface area contributed by atoms with Gasteiger partial charge < -0.3 is 19.3 Å². The molecule has 2 heterocycles. The Morgan fingerprint density at radius 1 is 1.21 bits per heavy atom. The van der Waals surface area contributed by atoms with Crippen LogP contribution in [0.5, 0.6) is 11.5 Å². The molecule has 3 rings (SSSR count). The summed E-state index contributed by atoms with van der Waals surface area (Å²) in [7, 11) is 3.34. The maximum atomic E-state index is 12.4. The number of thiophene rings is 1. The van der Waals surface area contributed by atoms with E-state index >= 15 is 0 Å². The van der Waals surface area contributed by atoms with Crippen LogP contribution in [0.2, 0.25) is 0 Å². The number of nitrogens with one attached hydrogen (secondary N) is 1. The van der Waals surface area contributed by atoms with Crippen LogP contribution in [0.1, 0.15) is 15.2 Å². The third-order valence-corrected chi connectivity index (χ3v) is 5.28. The molecule has 1 aromatic heterocycles. The van der Waals surface area contributed by atoms with E-state index < -0.39 is 0 Å². The Morgan fingerprint density at radius 2 is 2.00 bits per heavy atom. The second kappa shape index (κ2) is 7.68. The van der Waals surface area contributed by atoms with Crippen molar-refractivity contribution in [1.29, 1.82) is 0 Å². The quantitative estimate of drug-likeness (QED) is 0.887. The molecule has 128 valence electrons. The van der Waals surface area contributed by atoms with E-state index in [2.05, 4.69) is 6.07 Å². The molecule has 0 saturated carbocycles. The maximum Gasteiger partial charge on any atom is 0.264 e. The first kappa shape index (κ1) is 16.8. The molecular formula is C18H23N2O3S+. The van der Waals surface area contributed by atoms with Gasteiger partial charge in [0.15, 0.2) is 0 Å². The molecular weight excluding hydrogens is 324 g/mol. The van der Waals surface area contributed by atoms with Crippen LogP contribution in [0.4, 0.5) is 0 Å². The molecule has 1 aliphatic rings. The van der Waals surface area contributed by atoms with Crippen molar-refractivity contribution in [3.05, 3.63) is 46.2 Å². The lowest BCUT2D eigenvalue weighted by molar-refractivity contribution is -0.917. The molecule has 1 aliphatic heterocycles. The number of quaternary nitrogens is 1. The van der Waals surface area contributed by atoms with Crippen LogP contribution in [0.15, 0.2) is 35.7 Å². The summed E-state index contributed by atoms with van der Waals surface area (Å²) >= 11 is 1.51. The van der Waals surface area contributed by atoms with Crippen molar-refractivity contribution < 1.29 is 19.2 Å². The maximum absolute atomic E-state index is 12.4. The molecule has 1 N–H and O–H groups in total. The van der Waals surface area contributed by atoms with Gasteiger partial charge in [-0.25, -0.2) is 0 Å². The lowest BCUT2D eigenvalue weighted by Gasteiger charge is -2.32. The number of carbonyl (C=O) groups excluding carboxylic acids is 1. The van der Waals surface area contributed by atoms with E-state index in [-0.39, 0.29) is 5.91 Å². The first-order chi connectivity index (χ1) is 11.7. The highest BCUT2D eigenvalue weighted by molar-refractivity contribution is 7.12. The molecule has 0 spiro atoms. The molecule has 2 aromatic rings. The molecule has 1 fully saturated rings. The fourth-order valence-electron chi connectivity index (χ4n) is 3.03. The zero-order valence-corrected chi connectivity index (χ0v) is 14.9. The second-order valence-corrected chi connectivity index (χ2v) is 6.82. The average Bonchev–Trinajstić information content (AvgIpc) is 3.16. The number of carbonyl (C=O) groups is 1. The van der Waals surface area contributed by atoms with Crippen LogP contribution in [-0.4, -0.2) is 51.2 Å². The summed E-state index contributed by atoms with van der Waals surface area (Å²) in [6, 6.07) is 9.77. The first-order valence-corrected chi connectivity index (χ1v) is 8.96. The zero-order valence-electron chi connectivity index (χ0n) is 14.1. The molecule has 1 saturated heterocycles. The predicted octanol–water partition coefficient (Wildman–Crippen LogP) is 1.31. The molecule has 24 heavy (non-hydrogen) atoms. The fraction of sp³-hybridized carbons (Fsp3) is 0.389. The summed E-state index contributed by atoms with van der Waals surface area (Å²) in [5.41, 5.74) is 1.17. The standard InChI is InChI=1S/C18H22N2O3S/c1-22-15-6-5-14(16(12-15)23-2)13-19-7-9-20(10-8-19)18(21)17-4-3-11-24-17/h3-6,11-12H,7-10,13H2,1-2H3/p+1. The van der Waals surface area contributed by atoms with Crippen LogP contribution in [0.3, 0.4) is 0 Å². The topological polar surface area (TPSA) is 43.2 Å². The van der Waals surface area contributed by atoms with Crippen molar-refractivity contribution >= 4 is 17.2 Å². The van der Waals surface area contributed by atoms with Crippen molar-refractivity contribution in [3.63, 3.8) is 0 Å². The van der Waals surface area contributed by atoms with Crippen molar-refractivity contribution in [1.82, 2.24) is 4.90 Å². The van der Waals surface area contributed by atoms with Crippen molar-refractivity contribution in [2.75, 3.05) is 40.4 Å². The smallest absolute Gasteiger partial charge is 0.264 e. The Balaban J connectivity index is 1.58. The lowest BCUT2D eigenvalue weighted by Crippen LogP contribution is -3.13. The van der Waals surface area contributed by atoms with E-state index in [1.165, 1.54) is 21.8 Å². The van der Waals surface area contributed by atoms with E-state index in [0.717, 1.165) is 49.1 Å². The van der Waals surface area contributed by atoms with Gasteiger partial charge in [0.1, 0.15) is 18.0 Å². The Kier molecular flexibility index (Phi) is 5.37. The molecule has 6 heteroatoms. The van der Waals surface area contributed by atoms with Crippen molar-refractivity contribution in [2.24, 2.45) is 0 Å². The average molecular weight is 347 g/mol.